The monoisotopic (exact) mass is 193 g/mol. The summed E-state index contributed by atoms with van der Waals surface area (Å²) in [7, 11) is 0. The molecule has 0 saturated carbocycles. The number of rotatable bonds is 5. The van der Waals surface area contributed by atoms with E-state index in [2.05, 4.69) is 4.98 Å². The fourth-order valence-corrected chi connectivity index (χ4v) is 1.46. The molecule has 3 nitrogen and oxygen atoms in total. The maximum absolute atomic E-state index is 10.9. The van der Waals surface area contributed by atoms with E-state index in [0.29, 0.717) is 6.42 Å². The number of nitrogens with zero attached hydrogens (tertiary/aromatic N) is 1. The molecule has 0 fully saturated rings. The number of hydrogen-bond acceptors (Lipinski definition) is 2. The Bertz CT molecular complexity index is 285. The second-order valence-corrected chi connectivity index (χ2v) is 3.39. The summed E-state index contributed by atoms with van der Waals surface area (Å²) in [5.41, 5.74) is 0.994. The normalized spacial score (nSPS) is 12.4. The first-order valence-electron chi connectivity index (χ1n) is 4.85. The van der Waals surface area contributed by atoms with Gasteiger partial charge in [-0.2, -0.15) is 0 Å². The van der Waals surface area contributed by atoms with Crippen molar-refractivity contribution < 1.29 is 9.90 Å². The molecule has 0 aliphatic rings. The highest BCUT2D eigenvalue weighted by atomic mass is 16.4. The van der Waals surface area contributed by atoms with Crippen molar-refractivity contribution in [2.75, 3.05) is 0 Å². The first kappa shape index (κ1) is 10.7. The second-order valence-electron chi connectivity index (χ2n) is 3.39. The van der Waals surface area contributed by atoms with E-state index in [-0.39, 0.29) is 5.92 Å². The number of hydrogen-bond donors (Lipinski definition) is 1. The van der Waals surface area contributed by atoms with Gasteiger partial charge in [-0.1, -0.05) is 19.4 Å². The molecular weight excluding hydrogens is 178 g/mol. The van der Waals surface area contributed by atoms with E-state index >= 15 is 0 Å². The van der Waals surface area contributed by atoms with Gasteiger partial charge in [-0.25, -0.2) is 0 Å². The van der Waals surface area contributed by atoms with Crippen LogP contribution in [0.4, 0.5) is 0 Å². The molecule has 0 aliphatic heterocycles. The smallest absolute Gasteiger partial charge is 0.306 e. The third-order valence-electron chi connectivity index (χ3n) is 2.19. The Balaban J connectivity index is 2.60. The topological polar surface area (TPSA) is 50.2 Å². The number of carbonyl (C=O) groups is 1. The predicted molar refractivity (Wildman–Crippen MR) is 54.0 cm³/mol. The maximum Gasteiger partial charge on any atom is 0.306 e. The van der Waals surface area contributed by atoms with Gasteiger partial charge >= 0.3 is 5.97 Å². The van der Waals surface area contributed by atoms with Crippen LogP contribution in [0, 0.1) is 5.92 Å². The predicted octanol–water partition coefficient (Wildman–Crippen LogP) is 2.12. The maximum atomic E-state index is 10.9. The molecule has 1 atom stereocenters. The highest BCUT2D eigenvalue weighted by molar-refractivity contribution is 5.70. The highest BCUT2D eigenvalue weighted by Gasteiger charge is 2.16. The van der Waals surface area contributed by atoms with Gasteiger partial charge in [0.1, 0.15) is 0 Å². The van der Waals surface area contributed by atoms with Crippen LogP contribution in [0.3, 0.4) is 0 Å². The average Bonchev–Trinajstić information content (AvgIpc) is 2.18. The molecule has 0 radical (unpaired) electrons. The second kappa shape index (κ2) is 5.37. The lowest BCUT2D eigenvalue weighted by molar-refractivity contribution is -0.141. The largest absolute Gasteiger partial charge is 0.481 e. The SMILES string of the molecule is CCCC(Cc1cccnc1)C(=O)O. The molecule has 0 aromatic carbocycles. The lowest BCUT2D eigenvalue weighted by atomic mass is 9.96. The van der Waals surface area contributed by atoms with E-state index in [0.717, 1.165) is 18.4 Å². The molecule has 0 aliphatic carbocycles. The van der Waals surface area contributed by atoms with Crippen LogP contribution < -0.4 is 0 Å². The van der Waals surface area contributed by atoms with Crippen LogP contribution >= 0.6 is 0 Å². The summed E-state index contributed by atoms with van der Waals surface area (Å²) in [5, 5.41) is 8.95. The summed E-state index contributed by atoms with van der Waals surface area (Å²) < 4.78 is 0. The van der Waals surface area contributed by atoms with E-state index in [9.17, 15) is 4.79 Å². The van der Waals surface area contributed by atoms with Crippen molar-refractivity contribution in [3.05, 3.63) is 30.1 Å². The fraction of sp³-hybridized carbons (Fsp3) is 0.455. The molecule has 1 aromatic rings. The zero-order valence-corrected chi connectivity index (χ0v) is 8.31. The van der Waals surface area contributed by atoms with Gasteiger partial charge in [-0.15, -0.1) is 0 Å². The van der Waals surface area contributed by atoms with Crippen molar-refractivity contribution in [3.63, 3.8) is 0 Å². The third kappa shape index (κ3) is 3.17. The van der Waals surface area contributed by atoms with Crippen LogP contribution in [0.15, 0.2) is 24.5 Å². The Morgan fingerprint density at radius 2 is 2.43 bits per heavy atom. The summed E-state index contributed by atoms with van der Waals surface area (Å²) in [5.74, 6) is -0.986. The Labute approximate surface area is 83.8 Å². The van der Waals surface area contributed by atoms with Crippen LogP contribution in [0.25, 0.3) is 0 Å². The first-order chi connectivity index (χ1) is 6.74. The van der Waals surface area contributed by atoms with Crippen LogP contribution in [0.5, 0.6) is 0 Å². The molecule has 3 heteroatoms. The van der Waals surface area contributed by atoms with Crippen molar-refractivity contribution in [1.29, 1.82) is 0 Å². The Morgan fingerprint density at radius 1 is 1.64 bits per heavy atom. The van der Waals surface area contributed by atoms with E-state index < -0.39 is 5.97 Å². The lowest BCUT2D eigenvalue weighted by Gasteiger charge is -2.10. The average molecular weight is 193 g/mol. The Hall–Kier alpha value is -1.38. The summed E-state index contributed by atoms with van der Waals surface area (Å²) in [4.78, 5) is 14.8. The van der Waals surface area contributed by atoms with E-state index in [4.69, 9.17) is 5.11 Å². The number of carboxylic acids is 1. The first-order valence-corrected chi connectivity index (χ1v) is 4.85. The number of aromatic nitrogens is 1. The van der Waals surface area contributed by atoms with Gasteiger partial charge in [0.15, 0.2) is 0 Å². The van der Waals surface area contributed by atoms with Crippen LogP contribution in [-0.4, -0.2) is 16.1 Å². The summed E-state index contributed by atoms with van der Waals surface area (Å²) in [6.07, 6.45) is 5.63. The molecule has 1 aromatic heterocycles. The van der Waals surface area contributed by atoms with Gasteiger partial charge in [0, 0.05) is 12.4 Å². The Kier molecular flexibility index (Phi) is 4.11. The van der Waals surface area contributed by atoms with Crippen LogP contribution in [-0.2, 0) is 11.2 Å². The van der Waals surface area contributed by atoms with Crippen LogP contribution in [0.1, 0.15) is 25.3 Å². The minimum absolute atomic E-state index is 0.274. The summed E-state index contributed by atoms with van der Waals surface area (Å²) >= 11 is 0. The minimum atomic E-state index is -0.712. The van der Waals surface area contributed by atoms with E-state index in [1.165, 1.54) is 0 Å². The molecule has 1 heterocycles. The van der Waals surface area contributed by atoms with E-state index in [1.807, 2.05) is 19.1 Å². The fourth-order valence-electron chi connectivity index (χ4n) is 1.46. The van der Waals surface area contributed by atoms with Gasteiger partial charge < -0.3 is 5.11 Å². The molecule has 1 rings (SSSR count). The number of aliphatic carboxylic acids is 1. The van der Waals surface area contributed by atoms with Crippen molar-refractivity contribution in [2.45, 2.75) is 26.2 Å². The molecule has 76 valence electrons. The standard InChI is InChI=1S/C11H15NO2/c1-2-4-10(11(13)14)7-9-5-3-6-12-8-9/h3,5-6,8,10H,2,4,7H2,1H3,(H,13,14). The van der Waals surface area contributed by atoms with Gasteiger partial charge in [0.2, 0.25) is 0 Å². The van der Waals surface area contributed by atoms with Crippen molar-refractivity contribution in [1.82, 2.24) is 4.98 Å². The van der Waals surface area contributed by atoms with Gasteiger partial charge in [0.05, 0.1) is 5.92 Å². The minimum Gasteiger partial charge on any atom is -0.481 e. The molecular formula is C11H15NO2. The third-order valence-corrected chi connectivity index (χ3v) is 2.19. The molecule has 14 heavy (non-hydrogen) atoms. The summed E-state index contributed by atoms with van der Waals surface area (Å²) in [6.45, 7) is 2.00. The zero-order valence-electron chi connectivity index (χ0n) is 8.31. The van der Waals surface area contributed by atoms with Crippen molar-refractivity contribution >= 4 is 5.97 Å². The van der Waals surface area contributed by atoms with Gasteiger partial charge in [-0.05, 0) is 24.5 Å². The molecule has 0 saturated heterocycles. The zero-order chi connectivity index (χ0) is 10.4. The van der Waals surface area contributed by atoms with Gasteiger partial charge in [-0.3, -0.25) is 9.78 Å². The molecule has 0 bridgehead atoms. The Morgan fingerprint density at radius 3 is 2.93 bits per heavy atom. The van der Waals surface area contributed by atoms with Gasteiger partial charge in [0.25, 0.3) is 0 Å². The van der Waals surface area contributed by atoms with Crippen molar-refractivity contribution in [2.24, 2.45) is 5.92 Å². The molecule has 1 unspecified atom stereocenters. The summed E-state index contributed by atoms with van der Waals surface area (Å²) in [6, 6.07) is 3.75. The molecule has 0 amide bonds. The lowest BCUT2D eigenvalue weighted by Crippen LogP contribution is -2.16. The quantitative estimate of drug-likeness (QED) is 0.779. The van der Waals surface area contributed by atoms with E-state index in [1.54, 1.807) is 12.4 Å². The number of carboxylic acid groups (broad SMARTS) is 1. The highest BCUT2D eigenvalue weighted by Crippen LogP contribution is 2.13. The molecule has 0 spiro atoms. The number of pyridine rings is 1. The molecule has 1 N–H and O–H groups in total. The van der Waals surface area contributed by atoms with Crippen molar-refractivity contribution in [3.8, 4) is 0 Å². The van der Waals surface area contributed by atoms with Crippen LogP contribution in [0.2, 0.25) is 0 Å².